The van der Waals surface area contributed by atoms with Crippen LogP contribution >= 0.6 is 22.9 Å². The van der Waals surface area contributed by atoms with Crippen molar-refractivity contribution in [1.82, 2.24) is 9.88 Å². The van der Waals surface area contributed by atoms with Crippen molar-refractivity contribution >= 4 is 38.8 Å². The molecule has 3 rings (SSSR count). The van der Waals surface area contributed by atoms with E-state index in [9.17, 15) is 0 Å². The Hall–Kier alpha value is -0.840. The lowest BCUT2D eigenvalue weighted by Crippen LogP contribution is -2.39. The summed E-state index contributed by atoms with van der Waals surface area (Å²) < 4.78 is 1.19. The Balaban J connectivity index is 1.81. The van der Waals surface area contributed by atoms with Crippen LogP contribution in [-0.2, 0) is 0 Å². The summed E-state index contributed by atoms with van der Waals surface area (Å²) in [6.07, 6.45) is 2.56. The van der Waals surface area contributed by atoms with Crippen molar-refractivity contribution in [3.63, 3.8) is 0 Å². The molecular weight excluding hydrogens is 290 g/mol. The van der Waals surface area contributed by atoms with E-state index in [-0.39, 0.29) is 0 Å². The number of hydrogen-bond donors (Lipinski definition) is 1. The fourth-order valence-corrected chi connectivity index (χ4v) is 3.90. The van der Waals surface area contributed by atoms with E-state index < -0.39 is 0 Å². The van der Waals surface area contributed by atoms with Gasteiger partial charge in [0.15, 0.2) is 0 Å². The van der Waals surface area contributed by atoms with Crippen LogP contribution in [0.3, 0.4) is 0 Å². The molecule has 2 aromatic rings. The van der Waals surface area contributed by atoms with Gasteiger partial charge in [-0.2, -0.15) is 0 Å². The smallest absolute Gasteiger partial charge is 0.106 e. The number of thiazole rings is 1. The van der Waals surface area contributed by atoms with E-state index in [1.54, 1.807) is 11.3 Å². The fourth-order valence-electron chi connectivity index (χ4n) is 3.00. The second-order valence-corrected chi connectivity index (χ2v) is 7.01. The highest BCUT2D eigenvalue weighted by Gasteiger charge is 2.23. The standard InChI is InChI=1S/C15H20ClN3S/c1-10(11-4-3-7-19(2)8-11)18-14-12(16)5-6-13-15(14)17-9-20-13/h5-6,9-11,18H,3-4,7-8H2,1-2H3. The van der Waals surface area contributed by atoms with Crippen molar-refractivity contribution in [2.24, 2.45) is 5.92 Å². The van der Waals surface area contributed by atoms with Crippen LogP contribution in [0.5, 0.6) is 0 Å². The molecule has 5 heteroatoms. The van der Waals surface area contributed by atoms with Gasteiger partial charge in [-0.25, -0.2) is 4.98 Å². The van der Waals surface area contributed by atoms with Gasteiger partial charge in [0.2, 0.25) is 0 Å². The predicted octanol–water partition coefficient (Wildman–Crippen LogP) is 4.09. The minimum absolute atomic E-state index is 0.405. The van der Waals surface area contributed by atoms with Gasteiger partial charge in [0, 0.05) is 12.6 Å². The topological polar surface area (TPSA) is 28.2 Å². The molecule has 1 aliphatic heterocycles. The fraction of sp³-hybridized carbons (Fsp3) is 0.533. The Morgan fingerprint density at radius 1 is 1.50 bits per heavy atom. The van der Waals surface area contributed by atoms with E-state index in [1.165, 1.54) is 24.1 Å². The molecule has 0 amide bonds. The number of piperidine rings is 1. The van der Waals surface area contributed by atoms with Crippen LogP contribution in [0, 0.1) is 5.92 Å². The molecule has 0 aliphatic carbocycles. The minimum atomic E-state index is 0.405. The van der Waals surface area contributed by atoms with E-state index in [2.05, 4.69) is 29.2 Å². The molecule has 1 N–H and O–H groups in total. The zero-order chi connectivity index (χ0) is 14.1. The molecule has 108 valence electrons. The molecule has 1 fully saturated rings. The molecule has 1 saturated heterocycles. The lowest BCUT2D eigenvalue weighted by atomic mass is 9.91. The predicted molar refractivity (Wildman–Crippen MR) is 87.9 cm³/mol. The molecular formula is C15H20ClN3S. The molecule has 1 aliphatic rings. The Morgan fingerprint density at radius 2 is 2.35 bits per heavy atom. The highest BCUT2D eigenvalue weighted by atomic mass is 35.5. The summed E-state index contributed by atoms with van der Waals surface area (Å²) in [4.78, 5) is 6.87. The third-order valence-electron chi connectivity index (χ3n) is 4.19. The molecule has 2 atom stereocenters. The molecule has 2 unspecified atom stereocenters. The summed E-state index contributed by atoms with van der Waals surface area (Å²) >= 11 is 8.02. The van der Waals surface area contributed by atoms with Crippen molar-refractivity contribution < 1.29 is 0 Å². The van der Waals surface area contributed by atoms with Gasteiger partial charge in [0.1, 0.15) is 5.52 Å². The lowest BCUT2D eigenvalue weighted by Gasteiger charge is -2.34. The first-order valence-electron chi connectivity index (χ1n) is 7.12. The molecule has 3 nitrogen and oxygen atoms in total. The molecule has 1 aromatic carbocycles. The van der Waals surface area contributed by atoms with Crippen LogP contribution in [-0.4, -0.2) is 36.1 Å². The molecule has 0 radical (unpaired) electrons. The number of anilines is 1. The van der Waals surface area contributed by atoms with Gasteiger partial charge >= 0.3 is 0 Å². The second-order valence-electron chi connectivity index (χ2n) is 5.72. The average Bonchev–Trinajstić information content (AvgIpc) is 2.90. The number of rotatable bonds is 3. The van der Waals surface area contributed by atoms with Gasteiger partial charge in [-0.1, -0.05) is 11.6 Å². The van der Waals surface area contributed by atoms with Crippen molar-refractivity contribution in [2.45, 2.75) is 25.8 Å². The van der Waals surface area contributed by atoms with Gasteiger partial charge in [-0.3, -0.25) is 0 Å². The largest absolute Gasteiger partial charge is 0.379 e. The minimum Gasteiger partial charge on any atom is -0.379 e. The molecule has 2 heterocycles. The number of likely N-dealkylation sites (tertiary alicyclic amines) is 1. The summed E-state index contributed by atoms with van der Waals surface area (Å²) in [6, 6.07) is 4.41. The summed E-state index contributed by atoms with van der Waals surface area (Å²) in [5.74, 6) is 0.665. The third kappa shape index (κ3) is 2.78. The number of halogens is 1. The second kappa shape index (κ2) is 5.88. The van der Waals surface area contributed by atoms with Crippen LogP contribution in [0.15, 0.2) is 17.6 Å². The average molecular weight is 310 g/mol. The highest BCUT2D eigenvalue weighted by molar-refractivity contribution is 7.16. The number of nitrogens with zero attached hydrogens (tertiary/aromatic N) is 2. The summed E-state index contributed by atoms with van der Waals surface area (Å²) in [5.41, 5.74) is 3.87. The first-order valence-corrected chi connectivity index (χ1v) is 8.37. The summed E-state index contributed by atoms with van der Waals surface area (Å²) in [7, 11) is 2.20. The maximum absolute atomic E-state index is 6.36. The Bertz CT molecular complexity index is 598. The normalized spacial score (nSPS) is 22.1. The highest BCUT2D eigenvalue weighted by Crippen LogP contribution is 2.34. The van der Waals surface area contributed by atoms with Crippen LogP contribution in [0.2, 0.25) is 5.02 Å². The number of nitrogens with one attached hydrogen (secondary N) is 1. The van der Waals surface area contributed by atoms with Crippen molar-refractivity contribution in [1.29, 1.82) is 0 Å². The number of hydrogen-bond acceptors (Lipinski definition) is 4. The molecule has 20 heavy (non-hydrogen) atoms. The third-order valence-corrected chi connectivity index (χ3v) is 5.30. The first kappa shape index (κ1) is 14.1. The van der Waals surface area contributed by atoms with Crippen LogP contribution in [0.1, 0.15) is 19.8 Å². The number of benzene rings is 1. The zero-order valence-corrected chi connectivity index (χ0v) is 13.5. The summed E-state index contributed by atoms with van der Waals surface area (Å²) in [6.45, 7) is 4.62. The maximum Gasteiger partial charge on any atom is 0.106 e. The van der Waals surface area contributed by atoms with E-state index in [4.69, 9.17) is 11.6 Å². The van der Waals surface area contributed by atoms with E-state index in [1.807, 2.05) is 17.6 Å². The maximum atomic E-state index is 6.36. The SMILES string of the molecule is CC(Nc1c(Cl)ccc2scnc12)C1CCCN(C)C1. The Kier molecular flexibility index (Phi) is 4.15. The van der Waals surface area contributed by atoms with Gasteiger partial charge in [0.25, 0.3) is 0 Å². The van der Waals surface area contributed by atoms with Gasteiger partial charge in [0.05, 0.1) is 20.9 Å². The Labute approximate surface area is 128 Å². The summed E-state index contributed by atoms with van der Waals surface area (Å²) in [5, 5.41) is 4.38. The van der Waals surface area contributed by atoms with Gasteiger partial charge in [-0.05, 0) is 51.4 Å². The quantitative estimate of drug-likeness (QED) is 0.925. The van der Waals surface area contributed by atoms with E-state index in [0.29, 0.717) is 12.0 Å². The Morgan fingerprint density at radius 3 is 3.15 bits per heavy atom. The van der Waals surface area contributed by atoms with Crippen LogP contribution in [0.25, 0.3) is 10.2 Å². The molecule has 1 aromatic heterocycles. The van der Waals surface area contributed by atoms with Gasteiger partial charge < -0.3 is 10.2 Å². The van der Waals surface area contributed by atoms with Crippen LogP contribution < -0.4 is 5.32 Å². The molecule has 0 bridgehead atoms. The van der Waals surface area contributed by atoms with Crippen LogP contribution in [0.4, 0.5) is 5.69 Å². The van der Waals surface area contributed by atoms with Crippen molar-refractivity contribution in [2.75, 3.05) is 25.5 Å². The molecule has 0 saturated carbocycles. The van der Waals surface area contributed by atoms with Gasteiger partial charge in [-0.15, -0.1) is 11.3 Å². The number of aromatic nitrogens is 1. The molecule has 0 spiro atoms. The van der Waals surface area contributed by atoms with Crippen molar-refractivity contribution in [3.8, 4) is 0 Å². The number of fused-ring (bicyclic) bond motifs is 1. The zero-order valence-electron chi connectivity index (χ0n) is 11.9. The first-order chi connectivity index (χ1) is 9.65. The van der Waals surface area contributed by atoms with Crippen molar-refractivity contribution in [3.05, 3.63) is 22.7 Å². The van der Waals surface area contributed by atoms with E-state index >= 15 is 0 Å². The lowest BCUT2D eigenvalue weighted by molar-refractivity contribution is 0.197. The monoisotopic (exact) mass is 309 g/mol. The van der Waals surface area contributed by atoms with E-state index in [0.717, 1.165) is 22.8 Å².